The van der Waals surface area contributed by atoms with Gasteiger partial charge in [0.2, 0.25) is 5.91 Å². The molecule has 0 bridgehead atoms. The summed E-state index contributed by atoms with van der Waals surface area (Å²) in [5.74, 6) is 0.121. The van der Waals surface area contributed by atoms with E-state index in [1.54, 1.807) is 0 Å². The van der Waals surface area contributed by atoms with Crippen molar-refractivity contribution in [2.45, 2.75) is 46.6 Å². The van der Waals surface area contributed by atoms with E-state index in [4.69, 9.17) is 5.73 Å². The predicted molar refractivity (Wildman–Crippen MR) is 55.3 cm³/mol. The van der Waals surface area contributed by atoms with E-state index in [0.29, 0.717) is 6.54 Å². The first-order chi connectivity index (χ1) is 5.90. The molecule has 1 amide bonds. The van der Waals surface area contributed by atoms with Crippen molar-refractivity contribution in [3.05, 3.63) is 0 Å². The quantitative estimate of drug-likeness (QED) is 0.679. The third kappa shape index (κ3) is 4.88. The first kappa shape index (κ1) is 12.4. The molecule has 13 heavy (non-hydrogen) atoms. The van der Waals surface area contributed by atoms with Crippen LogP contribution in [0.4, 0.5) is 0 Å². The Morgan fingerprint density at radius 1 is 1.54 bits per heavy atom. The highest BCUT2D eigenvalue weighted by Gasteiger charge is 2.24. The standard InChI is InChI=1S/C10H22N2O/c1-5-10(3,4)9(13)12-7-6-8(2)11/h8H,5-7,11H2,1-4H3,(H,12,13). The maximum absolute atomic E-state index is 11.5. The summed E-state index contributed by atoms with van der Waals surface area (Å²) >= 11 is 0. The van der Waals surface area contributed by atoms with Crippen LogP contribution in [0.2, 0.25) is 0 Å². The van der Waals surface area contributed by atoms with Gasteiger partial charge in [-0.3, -0.25) is 4.79 Å². The van der Waals surface area contributed by atoms with Crippen molar-refractivity contribution in [2.75, 3.05) is 6.54 Å². The third-order valence-electron chi connectivity index (χ3n) is 2.38. The van der Waals surface area contributed by atoms with Crippen LogP contribution in [0, 0.1) is 5.41 Å². The average Bonchev–Trinajstić information content (AvgIpc) is 2.03. The van der Waals surface area contributed by atoms with Gasteiger partial charge in [-0.1, -0.05) is 20.8 Å². The largest absolute Gasteiger partial charge is 0.356 e. The van der Waals surface area contributed by atoms with Gasteiger partial charge in [0.25, 0.3) is 0 Å². The van der Waals surface area contributed by atoms with Crippen LogP contribution < -0.4 is 11.1 Å². The van der Waals surface area contributed by atoms with E-state index in [1.807, 2.05) is 27.7 Å². The molecule has 0 saturated carbocycles. The molecule has 3 nitrogen and oxygen atoms in total. The SMILES string of the molecule is CCC(C)(C)C(=O)NCCC(C)N. The molecule has 0 aromatic carbocycles. The third-order valence-corrected chi connectivity index (χ3v) is 2.38. The minimum absolute atomic E-state index is 0.121. The molecule has 1 atom stereocenters. The van der Waals surface area contributed by atoms with Gasteiger partial charge in [-0.25, -0.2) is 0 Å². The van der Waals surface area contributed by atoms with Crippen molar-refractivity contribution in [2.24, 2.45) is 11.1 Å². The van der Waals surface area contributed by atoms with E-state index in [-0.39, 0.29) is 17.4 Å². The number of hydrogen-bond donors (Lipinski definition) is 2. The zero-order chi connectivity index (χ0) is 10.5. The van der Waals surface area contributed by atoms with Crippen LogP contribution in [0.15, 0.2) is 0 Å². The second-order valence-corrected chi connectivity index (χ2v) is 4.26. The summed E-state index contributed by atoms with van der Waals surface area (Å²) in [6.07, 6.45) is 1.70. The molecule has 1 unspecified atom stereocenters. The topological polar surface area (TPSA) is 55.1 Å². The van der Waals surface area contributed by atoms with Crippen molar-refractivity contribution in [1.82, 2.24) is 5.32 Å². The Hall–Kier alpha value is -0.570. The summed E-state index contributed by atoms with van der Waals surface area (Å²) in [4.78, 5) is 11.5. The molecule has 0 heterocycles. The lowest BCUT2D eigenvalue weighted by Gasteiger charge is -2.21. The molecular weight excluding hydrogens is 164 g/mol. The Morgan fingerprint density at radius 2 is 2.08 bits per heavy atom. The highest BCUT2D eigenvalue weighted by atomic mass is 16.2. The van der Waals surface area contributed by atoms with Crippen molar-refractivity contribution in [3.8, 4) is 0 Å². The zero-order valence-corrected chi connectivity index (χ0v) is 9.18. The summed E-state index contributed by atoms with van der Waals surface area (Å²) in [7, 11) is 0. The molecule has 0 aliphatic heterocycles. The molecule has 0 radical (unpaired) electrons. The lowest BCUT2D eigenvalue weighted by atomic mass is 9.89. The van der Waals surface area contributed by atoms with Gasteiger partial charge in [0.05, 0.1) is 0 Å². The fourth-order valence-electron chi connectivity index (χ4n) is 0.813. The Morgan fingerprint density at radius 3 is 2.46 bits per heavy atom. The maximum atomic E-state index is 11.5. The maximum Gasteiger partial charge on any atom is 0.225 e. The van der Waals surface area contributed by atoms with E-state index in [0.717, 1.165) is 12.8 Å². The Bertz CT molecular complexity index is 164. The highest BCUT2D eigenvalue weighted by molar-refractivity contribution is 5.81. The first-order valence-corrected chi connectivity index (χ1v) is 4.94. The van der Waals surface area contributed by atoms with Gasteiger partial charge in [-0.15, -0.1) is 0 Å². The fourth-order valence-corrected chi connectivity index (χ4v) is 0.813. The van der Waals surface area contributed by atoms with Gasteiger partial charge in [0, 0.05) is 18.0 Å². The van der Waals surface area contributed by atoms with E-state index < -0.39 is 0 Å². The molecule has 3 heteroatoms. The molecule has 0 saturated heterocycles. The Balaban J connectivity index is 3.75. The summed E-state index contributed by atoms with van der Waals surface area (Å²) in [6, 6.07) is 0.157. The molecular formula is C10H22N2O. The minimum atomic E-state index is -0.252. The lowest BCUT2D eigenvalue weighted by Crippen LogP contribution is -2.38. The lowest BCUT2D eigenvalue weighted by molar-refractivity contribution is -0.129. The number of hydrogen-bond acceptors (Lipinski definition) is 2. The highest BCUT2D eigenvalue weighted by Crippen LogP contribution is 2.19. The summed E-state index contributed by atoms with van der Waals surface area (Å²) < 4.78 is 0. The van der Waals surface area contributed by atoms with Gasteiger partial charge in [-0.2, -0.15) is 0 Å². The average molecular weight is 186 g/mol. The second-order valence-electron chi connectivity index (χ2n) is 4.26. The van der Waals surface area contributed by atoms with Crippen LogP contribution in [-0.4, -0.2) is 18.5 Å². The second kappa shape index (κ2) is 5.22. The van der Waals surface area contributed by atoms with Gasteiger partial charge in [0.1, 0.15) is 0 Å². The van der Waals surface area contributed by atoms with Gasteiger partial charge < -0.3 is 11.1 Å². The van der Waals surface area contributed by atoms with E-state index in [1.165, 1.54) is 0 Å². The molecule has 0 aromatic rings. The summed E-state index contributed by atoms with van der Waals surface area (Å²) in [6.45, 7) is 8.55. The normalized spacial score (nSPS) is 13.9. The van der Waals surface area contributed by atoms with Gasteiger partial charge >= 0.3 is 0 Å². The van der Waals surface area contributed by atoms with Crippen LogP contribution in [-0.2, 0) is 4.79 Å². The minimum Gasteiger partial charge on any atom is -0.356 e. The van der Waals surface area contributed by atoms with Crippen LogP contribution in [0.1, 0.15) is 40.5 Å². The number of carbonyl (C=O) groups excluding carboxylic acids is 1. The van der Waals surface area contributed by atoms with Crippen LogP contribution in [0.25, 0.3) is 0 Å². The number of rotatable bonds is 5. The van der Waals surface area contributed by atoms with E-state index >= 15 is 0 Å². The van der Waals surface area contributed by atoms with Crippen molar-refractivity contribution >= 4 is 5.91 Å². The Kier molecular flexibility index (Phi) is 4.99. The summed E-state index contributed by atoms with van der Waals surface area (Å²) in [5, 5.41) is 2.89. The molecule has 0 aromatic heterocycles. The van der Waals surface area contributed by atoms with Gasteiger partial charge in [-0.05, 0) is 19.8 Å². The van der Waals surface area contributed by atoms with Crippen molar-refractivity contribution in [1.29, 1.82) is 0 Å². The Labute approximate surface area is 81.1 Å². The fraction of sp³-hybridized carbons (Fsp3) is 0.900. The first-order valence-electron chi connectivity index (χ1n) is 4.94. The molecule has 3 N–H and O–H groups in total. The van der Waals surface area contributed by atoms with Crippen molar-refractivity contribution in [3.63, 3.8) is 0 Å². The molecule has 78 valence electrons. The molecule has 0 aliphatic carbocycles. The number of amides is 1. The number of carbonyl (C=O) groups is 1. The molecule has 0 rings (SSSR count). The molecule has 0 fully saturated rings. The van der Waals surface area contributed by atoms with Gasteiger partial charge in [0.15, 0.2) is 0 Å². The van der Waals surface area contributed by atoms with E-state index in [2.05, 4.69) is 5.32 Å². The zero-order valence-electron chi connectivity index (χ0n) is 9.18. The number of nitrogens with one attached hydrogen (secondary N) is 1. The summed E-state index contributed by atoms with van der Waals surface area (Å²) in [5.41, 5.74) is 5.32. The number of nitrogens with two attached hydrogens (primary N) is 1. The monoisotopic (exact) mass is 186 g/mol. The van der Waals surface area contributed by atoms with Crippen LogP contribution >= 0.6 is 0 Å². The van der Waals surface area contributed by atoms with Crippen LogP contribution in [0.5, 0.6) is 0 Å². The van der Waals surface area contributed by atoms with Crippen LogP contribution in [0.3, 0.4) is 0 Å². The molecule has 0 aliphatic rings. The molecule has 0 spiro atoms. The predicted octanol–water partition coefficient (Wildman–Crippen LogP) is 1.28. The van der Waals surface area contributed by atoms with E-state index in [9.17, 15) is 4.79 Å². The van der Waals surface area contributed by atoms with Crippen molar-refractivity contribution < 1.29 is 4.79 Å². The smallest absolute Gasteiger partial charge is 0.225 e.